The molecule has 1 aromatic heterocycles. The Labute approximate surface area is 215 Å². The van der Waals surface area contributed by atoms with Gasteiger partial charge in [0, 0.05) is 37.4 Å². The lowest BCUT2D eigenvalue weighted by Crippen LogP contribution is -2.34. The van der Waals surface area contributed by atoms with Crippen molar-refractivity contribution in [1.82, 2.24) is 9.29 Å². The van der Waals surface area contributed by atoms with E-state index in [9.17, 15) is 5.26 Å². The smallest absolute Gasteiger partial charge is 0.0991 e. The molecule has 0 amide bonds. The third-order valence-electron chi connectivity index (χ3n) is 5.96. The zero-order chi connectivity index (χ0) is 26.3. The molecule has 190 valence electrons. The number of hydrogen-bond acceptors (Lipinski definition) is 4. The molecule has 0 fully saturated rings. The summed E-state index contributed by atoms with van der Waals surface area (Å²) in [6.07, 6.45) is 11.6. The standard InChI is InChI=1S/C23H31N3S.C7H13N/c1-6-13-27(4,5)26(18-22-14-20(16-24)11-10-19(22)3)23(7-2)15-21-9-8-12-25-17-21;1-4-7(3)6-8-5-2/h8-12,14,17,23H,4-7,13,15,18H2,1-3H3;5-6H,4H2,1-3H3/b;7-6+,8-5?/t23-;/m0./s1. The van der Waals surface area contributed by atoms with Gasteiger partial charge in [-0.05, 0) is 87.1 Å². The fraction of sp³-hybridized carbons (Fsp3) is 0.433. The van der Waals surface area contributed by atoms with Crippen LogP contribution >= 0.6 is 9.39 Å². The zero-order valence-corrected chi connectivity index (χ0v) is 23.4. The summed E-state index contributed by atoms with van der Waals surface area (Å²) in [5, 5.41) is 9.29. The van der Waals surface area contributed by atoms with Gasteiger partial charge in [0.05, 0.1) is 11.6 Å². The summed E-state index contributed by atoms with van der Waals surface area (Å²) in [6, 6.07) is 12.7. The molecule has 2 rings (SSSR count). The number of aromatic nitrogens is 1. The van der Waals surface area contributed by atoms with Crippen LogP contribution in [0.25, 0.3) is 0 Å². The highest BCUT2D eigenvalue weighted by atomic mass is 32.2. The minimum absolute atomic E-state index is 0.343. The van der Waals surface area contributed by atoms with Crippen molar-refractivity contribution in [3.63, 3.8) is 0 Å². The number of hydrogen-bond donors (Lipinski definition) is 0. The predicted molar refractivity (Wildman–Crippen MR) is 159 cm³/mol. The first-order valence-electron chi connectivity index (χ1n) is 12.5. The van der Waals surface area contributed by atoms with E-state index in [1.165, 1.54) is 22.3 Å². The van der Waals surface area contributed by atoms with Crippen molar-refractivity contribution >= 4 is 27.3 Å². The molecular weight excluding hydrogens is 448 g/mol. The van der Waals surface area contributed by atoms with E-state index < -0.39 is 9.39 Å². The first-order chi connectivity index (χ1) is 16.7. The molecule has 1 aromatic carbocycles. The lowest BCUT2D eigenvalue weighted by Gasteiger charge is -2.38. The molecule has 0 radical (unpaired) electrons. The van der Waals surface area contributed by atoms with Crippen LogP contribution in [0.2, 0.25) is 0 Å². The molecule has 1 atom stereocenters. The van der Waals surface area contributed by atoms with Gasteiger partial charge in [0.2, 0.25) is 0 Å². The van der Waals surface area contributed by atoms with Gasteiger partial charge in [-0.25, -0.2) is 0 Å². The third kappa shape index (κ3) is 10.6. The molecular formula is C30H44N4S. The first-order valence-corrected chi connectivity index (χ1v) is 14.6. The molecule has 0 saturated heterocycles. The van der Waals surface area contributed by atoms with Crippen LogP contribution in [-0.4, -0.2) is 39.0 Å². The Hall–Kier alpha value is -2.68. The second-order valence-electron chi connectivity index (χ2n) is 8.90. The van der Waals surface area contributed by atoms with E-state index >= 15 is 0 Å². The van der Waals surface area contributed by atoms with Crippen LogP contribution in [0.1, 0.15) is 76.1 Å². The Morgan fingerprint density at radius 2 is 2.00 bits per heavy atom. The number of pyridine rings is 1. The fourth-order valence-corrected chi connectivity index (χ4v) is 5.96. The fourth-order valence-electron chi connectivity index (χ4n) is 3.69. The highest BCUT2D eigenvalue weighted by Gasteiger charge is 2.22. The summed E-state index contributed by atoms with van der Waals surface area (Å²) in [5.41, 5.74) is 5.67. The summed E-state index contributed by atoms with van der Waals surface area (Å²) >= 11 is 0. The zero-order valence-electron chi connectivity index (χ0n) is 22.6. The molecule has 4 nitrogen and oxygen atoms in total. The molecule has 0 spiro atoms. The van der Waals surface area contributed by atoms with Crippen molar-refractivity contribution in [1.29, 1.82) is 5.26 Å². The highest BCUT2D eigenvalue weighted by molar-refractivity contribution is 8.25. The number of benzene rings is 1. The second kappa shape index (κ2) is 16.1. The molecule has 0 N–H and O–H groups in total. The molecule has 0 unspecified atom stereocenters. The maximum atomic E-state index is 9.29. The number of nitrogens with zero attached hydrogens (tertiary/aromatic N) is 4. The minimum atomic E-state index is -1.41. The van der Waals surface area contributed by atoms with E-state index in [2.05, 4.69) is 72.8 Å². The quantitative estimate of drug-likeness (QED) is 0.241. The molecule has 0 aliphatic heterocycles. The van der Waals surface area contributed by atoms with Gasteiger partial charge in [-0.1, -0.05) is 50.2 Å². The molecule has 35 heavy (non-hydrogen) atoms. The van der Waals surface area contributed by atoms with Gasteiger partial charge >= 0.3 is 0 Å². The summed E-state index contributed by atoms with van der Waals surface area (Å²) in [5.74, 6) is 10.1. The predicted octanol–water partition coefficient (Wildman–Crippen LogP) is 7.47. The SMILES string of the molecule is C=S(=C)(CCC)N(Cc1cc(C#N)ccc1C)[C@@H](CC)Cc1cccnc1.CC=N/C=C(\C)CC. The van der Waals surface area contributed by atoms with Gasteiger partial charge in [-0.2, -0.15) is 14.7 Å². The van der Waals surface area contributed by atoms with E-state index in [4.69, 9.17) is 0 Å². The molecule has 5 heteroatoms. The van der Waals surface area contributed by atoms with Crippen molar-refractivity contribution < 1.29 is 0 Å². The average Bonchev–Trinajstić information content (AvgIpc) is 2.86. The van der Waals surface area contributed by atoms with Crippen molar-refractivity contribution in [2.75, 3.05) is 5.75 Å². The number of nitriles is 1. The van der Waals surface area contributed by atoms with Crippen LogP contribution in [0.4, 0.5) is 0 Å². The highest BCUT2D eigenvalue weighted by Crippen LogP contribution is 2.34. The van der Waals surface area contributed by atoms with Crippen molar-refractivity contribution in [3.05, 3.63) is 76.8 Å². The third-order valence-corrected chi connectivity index (χ3v) is 8.55. The molecule has 2 aromatic rings. The van der Waals surface area contributed by atoms with Gasteiger partial charge < -0.3 is 0 Å². The van der Waals surface area contributed by atoms with E-state index in [0.717, 1.165) is 38.0 Å². The molecule has 0 aliphatic carbocycles. The summed E-state index contributed by atoms with van der Waals surface area (Å²) < 4.78 is 2.51. The van der Waals surface area contributed by atoms with Crippen molar-refractivity contribution in [2.45, 2.75) is 79.8 Å². The van der Waals surface area contributed by atoms with Gasteiger partial charge in [-0.3, -0.25) is 14.3 Å². The number of allylic oxidation sites excluding steroid dienone is 1. The van der Waals surface area contributed by atoms with Gasteiger partial charge in [0.25, 0.3) is 0 Å². The van der Waals surface area contributed by atoms with Gasteiger partial charge in [0.15, 0.2) is 0 Å². The summed E-state index contributed by atoms with van der Waals surface area (Å²) in [6.45, 7) is 13.4. The summed E-state index contributed by atoms with van der Waals surface area (Å²) in [7, 11) is -1.41. The Morgan fingerprint density at radius 1 is 1.26 bits per heavy atom. The van der Waals surface area contributed by atoms with Crippen molar-refractivity contribution in [2.24, 2.45) is 4.99 Å². The van der Waals surface area contributed by atoms with E-state index in [1.807, 2.05) is 49.8 Å². The van der Waals surface area contributed by atoms with E-state index in [0.29, 0.717) is 11.6 Å². The van der Waals surface area contributed by atoms with Crippen LogP contribution in [0, 0.1) is 18.3 Å². The van der Waals surface area contributed by atoms with E-state index in [1.54, 1.807) is 6.21 Å². The largest absolute Gasteiger partial charge is 0.269 e. The second-order valence-corrected chi connectivity index (χ2v) is 11.8. The van der Waals surface area contributed by atoms with Crippen LogP contribution in [-0.2, 0) is 13.0 Å². The van der Waals surface area contributed by atoms with Crippen LogP contribution in [0.5, 0.6) is 0 Å². The monoisotopic (exact) mass is 492 g/mol. The Morgan fingerprint density at radius 3 is 2.54 bits per heavy atom. The molecule has 0 bridgehead atoms. The van der Waals surface area contributed by atoms with Gasteiger partial charge in [-0.15, -0.1) is 0 Å². The molecule has 1 heterocycles. The number of rotatable bonds is 11. The average molecular weight is 493 g/mol. The Balaban J connectivity index is 0.000000658. The van der Waals surface area contributed by atoms with Crippen molar-refractivity contribution in [3.8, 4) is 6.07 Å². The van der Waals surface area contributed by atoms with Crippen LogP contribution in [0.3, 0.4) is 0 Å². The topological polar surface area (TPSA) is 52.3 Å². The Kier molecular flexibility index (Phi) is 13.9. The normalized spacial score (nSPS) is 12.8. The minimum Gasteiger partial charge on any atom is -0.269 e. The number of aliphatic imine (C=N–C) groups is 1. The lowest BCUT2D eigenvalue weighted by atomic mass is 10.0. The lowest BCUT2D eigenvalue weighted by molar-refractivity contribution is 0.331. The maximum Gasteiger partial charge on any atom is 0.0991 e. The maximum absolute atomic E-state index is 9.29. The Bertz CT molecular complexity index is 1090. The molecule has 0 aliphatic rings. The van der Waals surface area contributed by atoms with Gasteiger partial charge in [0.1, 0.15) is 0 Å². The van der Waals surface area contributed by atoms with Crippen LogP contribution in [0.15, 0.2) is 59.5 Å². The number of aryl methyl sites for hydroxylation is 1. The first kappa shape index (κ1) is 30.4. The summed E-state index contributed by atoms with van der Waals surface area (Å²) in [4.78, 5) is 8.23. The van der Waals surface area contributed by atoms with Crippen LogP contribution < -0.4 is 0 Å². The van der Waals surface area contributed by atoms with E-state index in [-0.39, 0.29) is 0 Å². The molecule has 0 saturated carbocycles.